The van der Waals surface area contributed by atoms with E-state index in [2.05, 4.69) is 21.9 Å². The van der Waals surface area contributed by atoms with Gasteiger partial charge in [0, 0.05) is 24.6 Å². The molecule has 0 radical (unpaired) electrons. The summed E-state index contributed by atoms with van der Waals surface area (Å²) >= 11 is 0. The van der Waals surface area contributed by atoms with Gasteiger partial charge in [0.2, 0.25) is 0 Å². The SMILES string of the molecule is C/C(C#Cc1ccccc1)=C\CO/N=C1/CN2CCC1C2. The second-order valence-electron chi connectivity index (χ2n) is 5.60. The Labute approximate surface area is 126 Å². The average Bonchev–Trinajstić information content (AvgIpc) is 3.13. The van der Waals surface area contributed by atoms with Crippen LogP contribution in [0.1, 0.15) is 18.9 Å². The van der Waals surface area contributed by atoms with Crippen LogP contribution >= 0.6 is 0 Å². The van der Waals surface area contributed by atoms with Crippen molar-refractivity contribution in [2.75, 3.05) is 26.2 Å². The normalized spacial score (nSPS) is 25.8. The van der Waals surface area contributed by atoms with E-state index >= 15 is 0 Å². The molecule has 2 unspecified atom stereocenters. The monoisotopic (exact) mass is 280 g/mol. The van der Waals surface area contributed by atoms with E-state index < -0.39 is 0 Å². The Kier molecular flexibility index (Phi) is 4.37. The predicted octanol–water partition coefficient (Wildman–Crippen LogP) is 2.69. The zero-order valence-electron chi connectivity index (χ0n) is 12.4. The van der Waals surface area contributed by atoms with Gasteiger partial charge in [0.05, 0.1) is 5.71 Å². The predicted molar refractivity (Wildman–Crippen MR) is 85.0 cm³/mol. The van der Waals surface area contributed by atoms with Crippen molar-refractivity contribution >= 4 is 5.71 Å². The lowest BCUT2D eigenvalue weighted by Gasteiger charge is -2.12. The van der Waals surface area contributed by atoms with E-state index in [4.69, 9.17) is 4.84 Å². The van der Waals surface area contributed by atoms with E-state index in [1.165, 1.54) is 25.2 Å². The van der Waals surface area contributed by atoms with Gasteiger partial charge in [-0.2, -0.15) is 0 Å². The highest BCUT2D eigenvalue weighted by Gasteiger charge is 2.35. The molecule has 2 heterocycles. The molecule has 2 aliphatic heterocycles. The summed E-state index contributed by atoms with van der Waals surface area (Å²) in [4.78, 5) is 7.84. The highest BCUT2D eigenvalue weighted by molar-refractivity contribution is 5.91. The Bertz CT molecular complexity index is 607. The van der Waals surface area contributed by atoms with E-state index in [0.29, 0.717) is 12.5 Å². The third-order valence-corrected chi connectivity index (χ3v) is 3.95. The van der Waals surface area contributed by atoms with E-state index in [0.717, 1.165) is 17.7 Å². The van der Waals surface area contributed by atoms with E-state index in [9.17, 15) is 0 Å². The largest absolute Gasteiger partial charge is 0.392 e. The summed E-state index contributed by atoms with van der Waals surface area (Å²) in [5.74, 6) is 6.89. The quantitative estimate of drug-likeness (QED) is 0.483. The first-order chi connectivity index (χ1) is 10.3. The molecule has 21 heavy (non-hydrogen) atoms. The van der Waals surface area contributed by atoms with Crippen LogP contribution in [0.15, 0.2) is 47.1 Å². The lowest BCUT2D eigenvalue weighted by atomic mass is 10.0. The molecular weight excluding hydrogens is 260 g/mol. The van der Waals surface area contributed by atoms with Crippen molar-refractivity contribution in [3.8, 4) is 11.8 Å². The Hall–Kier alpha value is -2.05. The molecule has 0 amide bonds. The number of rotatable bonds is 3. The highest BCUT2D eigenvalue weighted by Crippen LogP contribution is 2.25. The van der Waals surface area contributed by atoms with E-state index in [-0.39, 0.29) is 0 Å². The smallest absolute Gasteiger partial charge is 0.136 e. The van der Waals surface area contributed by atoms with Crippen LogP contribution in [0, 0.1) is 17.8 Å². The molecule has 1 aromatic rings. The molecular formula is C18H20N2O. The number of hydrogen-bond donors (Lipinski definition) is 0. The van der Waals surface area contributed by atoms with Crippen molar-refractivity contribution in [1.82, 2.24) is 4.90 Å². The lowest BCUT2D eigenvalue weighted by molar-refractivity contribution is 0.171. The first kappa shape index (κ1) is 13.9. The van der Waals surface area contributed by atoms with Gasteiger partial charge in [-0.25, -0.2) is 0 Å². The number of benzene rings is 1. The number of allylic oxidation sites excluding steroid dienone is 1. The van der Waals surface area contributed by atoms with Gasteiger partial charge < -0.3 is 4.84 Å². The van der Waals surface area contributed by atoms with Crippen LogP contribution < -0.4 is 0 Å². The van der Waals surface area contributed by atoms with Crippen LogP contribution in [-0.2, 0) is 4.84 Å². The third kappa shape index (κ3) is 3.74. The van der Waals surface area contributed by atoms with Gasteiger partial charge in [0.25, 0.3) is 0 Å². The van der Waals surface area contributed by atoms with Crippen molar-refractivity contribution in [2.45, 2.75) is 13.3 Å². The minimum atomic E-state index is 0.492. The van der Waals surface area contributed by atoms with Crippen LogP contribution in [0.4, 0.5) is 0 Å². The lowest BCUT2D eigenvalue weighted by Crippen LogP contribution is -2.23. The third-order valence-electron chi connectivity index (χ3n) is 3.95. The fourth-order valence-corrected chi connectivity index (χ4v) is 2.74. The molecule has 2 atom stereocenters. The topological polar surface area (TPSA) is 24.8 Å². The van der Waals surface area contributed by atoms with Gasteiger partial charge in [-0.3, -0.25) is 4.90 Å². The second-order valence-corrected chi connectivity index (χ2v) is 5.60. The average molecular weight is 280 g/mol. The van der Waals surface area contributed by atoms with Crippen LogP contribution in [0.2, 0.25) is 0 Å². The number of nitrogens with zero attached hydrogens (tertiary/aromatic N) is 2. The Morgan fingerprint density at radius 2 is 2.29 bits per heavy atom. The maximum atomic E-state index is 5.41. The molecule has 1 aromatic carbocycles. The molecule has 2 bridgehead atoms. The summed E-state index contributed by atoms with van der Waals surface area (Å²) in [5, 5.41) is 4.28. The minimum Gasteiger partial charge on any atom is -0.392 e. The zero-order valence-corrected chi connectivity index (χ0v) is 12.4. The molecule has 0 N–H and O–H groups in total. The molecule has 3 heteroatoms. The van der Waals surface area contributed by atoms with Gasteiger partial charge in [-0.1, -0.05) is 35.2 Å². The summed E-state index contributed by atoms with van der Waals surface area (Å²) in [6.45, 7) is 5.86. The van der Waals surface area contributed by atoms with Crippen LogP contribution in [0.3, 0.4) is 0 Å². The minimum absolute atomic E-state index is 0.492. The molecule has 2 aliphatic rings. The van der Waals surface area contributed by atoms with Gasteiger partial charge in [-0.15, -0.1) is 0 Å². The standard InChI is InChI=1S/C18H20N2O/c1-15(7-8-16-5-3-2-4-6-16)10-12-21-19-18-14-20-11-9-17(18)13-20/h2-6,10,17H,9,11-14H2,1H3/b15-10+,19-18-. The molecule has 0 aromatic heterocycles. The number of hydrogen-bond acceptors (Lipinski definition) is 3. The molecule has 108 valence electrons. The first-order valence-electron chi connectivity index (χ1n) is 7.46. The van der Waals surface area contributed by atoms with Crippen LogP contribution in [-0.4, -0.2) is 36.9 Å². The zero-order chi connectivity index (χ0) is 14.5. The van der Waals surface area contributed by atoms with Crippen LogP contribution in [0.25, 0.3) is 0 Å². The summed E-state index contributed by atoms with van der Waals surface area (Å²) in [6, 6.07) is 9.99. The summed E-state index contributed by atoms with van der Waals surface area (Å²) < 4.78 is 0. The molecule has 0 aliphatic carbocycles. The van der Waals surface area contributed by atoms with Gasteiger partial charge in [0.1, 0.15) is 6.61 Å². The van der Waals surface area contributed by atoms with Crippen molar-refractivity contribution in [3.63, 3.8) is 0 Å². The molecule has 3 nitrogen and oxygen atoms in total. The maximum Gasteiger partial charge on any atom is 0.136 e. The summed E-state index contributed by atoms with van der Waals surface area (Å²) in [6.07, 6.45) is 3.22. The van der Waals surface area contributed by atoms with Crippen molar-refractivity contribution < 1.29 is 4.84 Å². The van der Waals surface area contributed by atoms with Crippen molar-refractivity contribution in [2.24, 2.45) is 11.1 Å². The first-order valence-corrected chi connectivity index (χ1v) is 7.46. The Morgan fingerprint density at radius 1 is 1.43 bits per heavy atom. The number of fused-ring (bicyclic) bond motifs is 2. The van der Waals surface area contributed by atoms with E-state index in [1.54, 1.807) is 0 Å². The molecule has 2 fully saturated rings. The fraction of sp³-hybridized carbons (Fsp3) is 0.389. The maximum absolute atomic E-state index is 5.41. The van der Waals surface area contributed by atoms with Gasteiger partial charge in [0.15, 0.2) is 0 Å². The van der Waals surface area contributed by atoms with Gasteiger partial charge in [-0.05, 0) is 43.7 Å². The fourth-order valence-electron chi connectivity index (χ4n) is 2.74. The molecule has 0 spiro atoms. The van der Waals surface area contributed by atoms with Crippen molar-refractivity contribution in [3.05, 3.63) is 47.5 Å². The van der Waals surface area contributed by atoms with E-state index in [1.807, 2.05) is 43.3 Å². The summed E-state index contributed by atoms with van der Waals surface area (Å²) in [5.41, 5.74) is 3.25. The summed E-state index contributed by atoms with van der Waals surface area (Å²) in [7, 11) is 0. The van der Waals surface area contributed by atoms with Gasteiger partial charge >= 0.3 is 0 Å². The Morgan fingerprint density at radius 3 is 3.00 bits per heavy atom. The number of piperidine rings is 1. The molecule has 3 rings (SSSR count). The van der Waals surface area contributed by atoms with Crippen LogP contribution in [0.5, 0.6) is 0 Å². The highest BCUT2D eigenvalue weighted by atomic mass is 16.6. The van der Waals surface area contributed by atoms with Crippen molar-refractivity contribution in [1.29, 1.82) is 0 Å². The molecule has 2 saturated heterocycles. The second kappa shape index (κ2) is 6.60. The Balaban J connectivity index is 1.48. The number of oxime groups is 1. The molecule has 0 saturated carbocycles.